The summed E-state index contributed by atoms with van der Waals surface area (Å²) in [6, 6.07) is 9.35. The van der Waals surface area contributed by atoms with Crippen molar-refractivity contribution >= 4 is 44.8 Å². The summed E-state index contributed by atoms with van der Waals surface area (Å²) in [6.45, 7) is 5.36. The van der Waals surface area contributed by atoms with E-state index in [-0.39, 0.29) is 23.9 Å². The summed E-state index contributed by atoms with van der Waals surface area (Å²) in [5.74, 6) is -0.794. The van der Waals surface area contributed by atoms with Gasteiger partial charge in [-0.2, -0.15) is 0 Å². The largest absolute Gasteiger partial charge is 0.350 e. The van der Waals surface area contributed by atoms with Gasteiger partial charge >= 0.3 is 0 Å². The van der Waals surface area contributed by atoms with Gasteiger partial charge in [0.2, 0.25) is 21.8 Å². The molecule has 2 rings (SSSR count). The quantitative estimate of drug-likeness (QED) is 0.556. The molecule has 2 amide bonds. The Kier molecular flexibility index (Phi) is 8.42. The number of amides is 2. The molecule has 0 aliphatic carbocycles. The number of nitrogens with zero attached hydrogens (tertiary/aromatic N) is 1. The number of carbonyl (C=O) groups is 2. The zero-order valence-electron chi connectivity index (χ0n) is 17.1. The van der Waals surface area contributed by atoms with Crippen molar-refractivity contribution in [1.82, 2.24) is 14.9 Å². The second-order valence-electron chi connectivity index (χ2n) is 7.39. The Hall–Kier alpha value is -1.94. The second kappa shape index (κ2) is 10.4. The van der Waals surface area contributed by atoms with E-state index in [1.54, 1.807) is 0 Å². The number of hydrogen-bond acceptors (Lipinski definition) is 5. The van der Waals surface area contributed by atoms with Crippen LogP contribution in [0, 0.1) is 0 Å². The zero-order valence-corrected chi connectivity index (χ0v) is 19.5. The standard InChI is InChI=1S/C20H26ClN3O4S2/c1-4-20(2,3)23-18(25)14-24(13-16-6-5-11-29-16)19(26)12-22-30(27,28)17-9-7-15(21)8-10-17/h5-11,22H,4,12-14H2,1-3H3,(H,23,25). The monoisotopic (exact) mass is 471 g/mol. The minimum absolute atomic E-state index is 0.00643. The highest BCUT2D eigenvalue weighted by molar-refractivity contribution is 7.89. The van der Waals surface area contributed by atoms with Crippen molar-refractivity contribution in [2.45, 2.75) is 44.2 Å². The van der Waals surface area contributed by atoms with Gasteiger partial charge < -0.3 is 10.2 Å². The van der Waals surface area contributed by atoms with Crippen LogP contribution in [0.1, 0.15) is 32.1 Å². The molecule has 0 radical (unpaired) electrons. The van der Waals surface area contributed by atoms with Crippen LogP contribution in [0.2, 0.25) is 5.02 Å². The Bertz CT molecular complexity index is 958. The van der Waals surface area contributed by atoms with Crippen molar-refractivity contribution < 1.29 is 18.0 Å². The Morgan fingerprint density at radius 3 is 2.40 bits per heavy atom. The van der Waals surface area contributed by atoms with E-state index in [1.165, 1.54) is 40.5 Å². The first-order chi connectivity index (χ1) is 14.0. The lowest BCUT2D eigenvalue weighted by Gasteiger charge is -2.27. The first kappa shape index (κ1) is 24.3. The molecular formula is C20H26ClN3O4S2. The molecule has 10 heteroatoms. The number of nitrogens with one attached hydrogen (secondary N) is 2. The van der Waals surface area contributed by atoms with Gasteiger partial charge in [-0.05, 0) is 56.0 Å². The van der Waals surface area contributed by atoms with Crippen molar-refractivity contribution in [3.05, 3.63) is 51.7 Å². The number of hydrogen-bond donors (Lipinski definition) is 2. The SMILES string of the molecule is CCC(C)(C)NC(=O)CN(Cc1cccs1)C(=O)CNS(=O)(=O)c1ccc(Cl)cc1. The highest BCUT2D eigenvalue weighted by Gasteiger charge is 2.24. The first-order valence-electron chi connectivity index (χ1n) is 9.39. The molecule has 2 aromatic rings. The zero-order chi connectivity index (χ0) is 22.4. The van der Waals surface area contributed by atoms with Crippen LogP contribution in [-0.4, -0.2) is 43.8 Å². The molecule has 0 atom stereocenters. The van der Waals surface area contributed by atoms with Gasteiger partial charge in [-0.25, -0.2) is 13.1 Å². The van der Waals surface area contributed by atoms with Crippen LogP contribution in [0.5, 0.6) is 0 Å². The molecule has 164 valence electrons. The lowest BCUT2D eigenvalue weighted by Crippen LogP contribution is -2.49. The van der Waals surface area contributed by atoms with Crippen LogP contribution >= 0.6 is 22.9 Å². The van der Waals surface area contributed by atoms with Crippen LogP contribution in [0.25, 0.3) is 0 Å². The Morgan fingerprint density at radius 1 is 1.17 bits per heavy atom. The molecule has 2 N–H and O–H groups in total. The summed E-state index contributed by atoms with van der Waals surface area (Å²) in [6.07, 6.45) is 0.735. The van der Waals surface area contributed by atoms with E-state index >= 15 is 0 Å². The van der Waals surface area contributed by atoms with Crippen molar-refractivity contribution in [1.29, 1.82) is 0 Å². The third kappa shape index (κ3) is 7.39. The molecule has 1 aromatic carbocycles. The van der Waals surface area contributed by atoms with E-state index in [0.29, 0.717) is 5.02 Å². The normalized spacial score (nSPS) is 11.9. The second-order valence-corrected chi connectivity index (χ2v) is 10.6. The number of thiophene rings is 1. The van der Waals surface area contributed by atoms with Crippen LogP contribution in [0.4, 0.5) is 0 Å². The molecule has 1 aromatic heterocycles. The summed E-state index contributed by atoms with van der Waals surface area (Å²) < 4.78 is 27.2. The van der Waals surface area contributed by atoms with Crippen LogP contribution < -0.4 is 10.0 Å². The molecule has 7 nitrogen and oxygen atoms in total. The predicted molar refractivity (Wildman–Crippen MR) is 119 cm³/mol. The Labute approximate surface area is 186 Å². The average molecular weight is 472 g/mol. The topological polar surface area (TPSA) is 95.6 Å². The lowest BCUT2D eigenvalue weighted by molar-refractivity contribution is -0.136. The van der Waals surface area contributed by atoms with E-state index in [0.717, 1.165) is 11.3 Å². The third-order valence-electron chi connectivity index (χ3n) is 4.51. The molecule has 0 spiro atoms. The van der Waals surface area contributed by atoms with E-state index < -0.39 is 28.0 Å². The Morgan fingerprint density at radius 2 is 1.83 bits per heavy atom. The lowest BCUT2D eigenvalue weighted by atomic mass is 10.0. The van der Waals surface area contributed by atoms with Gasteiger partial charge in [0, 0.05) is 15.4 Å². The fourth-order valence-corrected chi connectivity index (χ4v) is 4.29. The average Bonchev–Trinajstić information content (AvgIpc) is 3.18. The Balaban J connectivity index is 2.08. The van der Waals surface area contributed by atoms with Crippen LogP contribution in [-0.2, 0) is 26.2 Å². The van der Waals surface area contributed by atoms with Crippen molar-refractivity contribution in [2.75, 3.05) is 13.1 Å². The van der Waals surface area contributed by atoms with Gasteiger partial charge in [0.1, 0.15) is 0 Å². The minimum Gasteiger partial charge on any atom is -0.350 e. The molecule has 0 aliphatic rings. The van der Waals surface area contributed by atoms with Gasteiger partial charge in [0.15, 0.2) is 0 Å². The van der Waals surface area contributed by atoms with Crippen molar-refractivity contribution in [3.63, 3.8) is 0 Å². The van der Waals surface area contributed by atoms with E-state index in [9.17, 15) is 18.0 Å². The molecule has 0 aliphatic heterocycles. The molecular weight excluding hydrogens is 446 g/mol. The number of benzene rings is 1. The van der Waals surface area contributed by atoms with Crippen LogP contribution in [0.15, 0.2) is 46.7 Å². The highest BCUT2D eigenvalue weighted by atomic mass is 35.5. The number of rotatable bonds is 10. The van der Waals surface area contributed by atoms with Crippen molar-refractivity contribution in [3.8, 4) is 0 Å². The predicted octanol–water partition coefficient (Wildman–Crippen LogP) is 3.01. The smallest absolute Gasteiger partial charge is 0.241 e. The first-order valence-corrected chi connectivity index (χ1v) is 12.1. The number of halogens is 1. The molecule has 1 heterocycles. The van der Waals surface area contributed by atoms with Gasteiger partial charge in [-0.15, -0.1) is 11.3 Å². The van der Waals surface area contributed by atoms with Gasteiger partial charge in [-0.3, -0.25) is 9.59 Å². The van der Waals surface area contributed by atoms with Crippen molar-refractivity contribution in [2.24, 2.45) is 0 Å². The van der Waals surface area contributed by atoms with E-state index in [1.807, 2.05) is 38.3 Å². The molecule has 0 fully saturated rings. The molecule has 0 unspecified atom stereocenters. The van der Waals surface area contributed by atoms with E-state index in [2.05, 4.69) is 10.0 Å². The summed E-state index contributed by atoms with van der Waals surface area (Å²) in [5, 5.41) is 5.18. The molecule has 0 saturated carbocycles. The number of sulfonamides is 1. The molecule has 0 bridgehead atoms. The molecule has 30 heavy (non-hydrogen) atoms. The van der Waals surface area contributed by atoms with Gasteiger partial charge in [-0.1, -0.05) is 24.6 Å². The highest BCUT2D eigenvalue weighted by Crippen LogP contribution is 2.15. The van der Waals surface area contributed by atoms with Gasteiger partial charge in [0.05, 0.1) is 24.5 Å². The van der Waals surface area contributed by atoms with Gasteiger partial charge in [0.25, 0.3) is 0 Å². The van der Waals surface area contributed by atoms with Crippen LogP contribution in [0.3, 0.4) is 0 Å². The maximum absolute atomic E-state index is 12.8. The summed E-state index contributed by atoms with van der Waals surface area (Å²) in [5.41, 5.74) is -0.398. The maximum atomic E-state index is 12.8. The molecule has 0 saturated heterocycles. The fraction of sp³-hybridized carbons (Fsp3) is 0.400. The minimum atomic E-state index is -3.88. The fourth-order valence-electron chi connectivity index (χ4n) is 2.47. The third-order valence-corrected chi connectivity index (χ3v) is 7.04. The van der Waals surface area contributed by atoms with E-state index in [4.69, 9.17) is 11.6 Å². The maximum Gasteiger partial charge on any atom is 0.241 e. The number of carbonyl (C=O) groups excluding carboxylic acids is 2. The summed E-state index contributed by atoms with van der Waals surface area (Å²) >= 11 is 7.25. The summed E-state index contributed by atoms with van der Waals surface area (Å²) in [7, 11) is -3.88. The summed E-state index contributed by atoms with van der Waals surface area (Å²) in [4.78, 5) is 27.5.